The normalized spacial score (nSPS) is 9.45. The molecule has 0 saturated heterocycles. The zero-order valence-corrected chi connectivity index (χ0v) is 5.83. The molecule has 0 unspecified atom stereocenters. The van der Waals surface area contributed by atoms with Crippen LogP contribution in [0.2, 0.25) is 0 Å². The van der Waals surface area contributed by atoms with E-state index in [-0.39, 0.29) is 10.0 Å². The summed E-state index contributed by atoms with van der Waals surface area (Å²) in [6.07, 6.45) is 0. The summed E-state index contributed by atoms with van der Waals surface area (Å²) in [6.45, 7) is 0. The Balaban J connectivity index is 2.99. The second-order valence-corrected chi connectivity index (χ2v) is 2.50. The Kier molecular flexibility index (Phi) is 1.81. The van der Waals surface area contributed by atoms with Gasteiger partial charge in [0.1, 0.15) is 0 Å². The zero-order valence-electron chi connectivity index (χ0n) is 5.01. The maximum Gasteiger partial charge on any atom is 0.367 e. The Morgan fingerprint density at radius 2 is 1.45 bits per heavy atom. The number of carboxylic acid groups (broad SMARTS) is 2. The van der Waals surface area contributed by atoms with Crippen LogP contribution in [-0.4, -0.2) is 32.3 Å². The van der Waals surface area contributed by atoms with Crippen molar-refractivity contribution in [1.82, 2.24) is 10.2 Å². The van der Waals surface area contributed by atoms with Crippen molar-refractivity contribution in [1.29, 1.82) is 0 Å². The number of aromatic carboxylic acids is 2. The van der Waals surface area contributed by atoms with E-state index in [9.17, 15) is 9.59 Å². The van der Waals surface area contributed by atoms with E-state index in [1.165, 1.54) is 0 Å². The van der Waals surface area contributed by atoms with E-state index >= 15 is 0 Å². The van der Waals surface area contributed by atoms with Crippen LogP contribution in [0.5, 0.6) is 0 Å². The van der Waals surface area contributed by atoms with Gasteiger partial charge in [0.05, 0.1) is 0 Å². The van der Waals surface area contributed by atoms with Crippen molar-refractivity contribution < 1.29 is 19.8 Å². The number of nitrogens with zero attached hydrogens (tertiary/aromatic N) is 2. The van der Waals surface area contributed by atoms with Crippen LogP contribution in [0.15, 0.2) is 0 Å². The molecule has 0 saturated carbocycles. The molecule has 58 valence electrons. The fourth-order valence-corrected chi connectivity index (χ4v) is 0.917. The van der Waals surface area contributed by atoms with Gasteiger partial charge in [0, 0.05) is 0 Å². The number of hydrogen-bond acceptors (Lipinski definition) is 5. The molecule has 11 heavy (non-hydrogen) atoms. The Morgan fingerprint density at radius 1 is 1.09 bits per heavy atom. The summed E-state index contributed by atoms with van der Waals surface area (Å²) < 4.78 is 0. The highest BCUT2D eigenvalue weighted by atomic mass is 32.1. The van der Waals surface area contributed by atoms with Crippen molar-refractivity contribution >= 4 is 23.3 Å². The zero-order chi connectivity index (χ0) is 8.43. The van der Waals surface area contributed by atoms with Gasteiger partial charge in [-0.1, -0.05) is 11.3 Å². The van der Waals surface area contributed by atoms with Gasteiger partial charge in [-0.05, 0) is 0 Å². The van der Waals surface area contributed by atoms with E-state index in [1.807, 2.05) is 0 Å². The molecule has 0 amide bonds. The maximum absolute atomic E-state index is 10.2. The number of hydrogen-bond donors (Lipinski definition) is 2. The summed E-state index contributed by atoms with van der Waals surface area (Å²) in [5.74, 6) is -2.54. The van der Waals surface area contributed by atoms with Gasteiger partial charge in [-0.15, -0.1) is 10.2 Å². The molecule has 6 nitrogen and oxygen atoms in total. The minimum atomic E-state index is -1.27. The predicted octanol–water partition coefficient (Wildman–Crippen LogP) is -0.0655. The molecular formula is C4H2N2O4S. The van der Waals surface area contributed by atoms with Crippen LogP contribution in [0.1, 0.15) is 19.6 Å². The lowest BCUT2D eigenvalue weighted by molar-refractivity contribution is 0.0683. The molecule has 7 heteroatoms. The van der Waals surface area contributed by atoms with E-state index in [2.05, 4.69) is 10.2 Å². The predicted molar refractivity (Wildman–Crippen MR) is 33.8 cm³/mol. The fourth-order valence-electron chi connectivity index (χ4n) is 0.396. The topological polar surface area (TPSA) is 100 Å². The van der Waals surface area contributed by atoms with Crippen molar-refractivity contribution in [3.05, 3.63) is 10.0 Å². The molecule has 1 rings (SSSR count). The first kappa shape index (κ1) is 7.61. The van der Waals surface area contributed by atoms with Crippen LogP contribution in [0.4, 0.5) is 0 Å². The smallest absolute Gasteiger partial charge is 0.367 e. The summed E-state index contributed by atoms with van der Waals surface area (Å²) >= 11 is 0.528. The molecule has 0 aliphatic heterocycles. The minimum Gasteiger partial charge on any atom is -0.476 e. The Bertz CT molecular complexity index is 278. The summed E-state index contributed by atoms with van der Waals surface area (Å²) in [6, 6.07) is 0. The lowest BCUT2D eigenvalue weighted by Gasteiger charge is -1.78. The van der Waals surface area contributed by atoms with Crippen molar-refractivity contribution in [3.8, 4) is 0 Å². The standard InChI is InChI=1S/C4H2N2O4S/c7-3(8)1-5-6-2(11-1)4(9)10/h(H,7,8)(H,9,10). The molecule has 1 heterocycles. The largest absolute Gasteiger partial charge is 0.476 e. The summed E-state index contributed by atoms with van der Waals surface area (Å²) in [5.41, 5.74) is 0. The maximum atomic E-state index is 10.2. The Hall–Kier alpha value is -1.50. The third kappa shape index (κ3) is 1.49. The average Bonchev–Trinajstić information content (AvgIpc) is 2.33. The van der Waals surface area contributed by atoms with E-state index < -0.39 is 11.9 Å². The monoisotopic (exact) mass is 174 g/mol. The summed E-state index contributed by atoms with van der Waals surface area (Å²) in [7, 11) is 0. The van der Waals surface area contributed by atoms with Crippen molar-refractivity contribution in [2.45, 2.75) is 0 Å². The molecule has 0 fully saturated rings. The first-order valence-electron chi connectivity index (χ1n) is 2.41. The lowest BCUT2D eigenvalue weighted by Crippen LogP contribution is -1.94. The molecule has 0 aromatic carbocycles. The first-order valence-corrected chi connectivity index (χ1v) is 3.23. The van der Waals surface area contributed by atoms with Crippen LogP contribution in [-0.2, 0) is 0 Å². The van der Waals surface area contributed by atoms with E-state index in [4.69, 9.17) is 10.2 Å². The van der Waals surface area contributed by atoms with Gasteiger partial charge in [-0.2, -0.15) is 0 Å². The van der Waals surface area contributed by atoms with Gasteiger partial charge < -0.3 is 10.2 Å². The highest BCUT2D eigenvalue weighted by Crippen LogP contribution is 2.08. The molecule has 0 aliphatic carbocycles. The van der Waals surface area contributed by atoms with Gasteiger partial charge in [0.25, 0.3) is 0 Å². The quantitative estimate of drug-likeness (QED) is 0.651. The molecule has 0 bridgehead atoms. The van der Waals surface area contributed by atoms with Gasteiger partial charge >= 0.3 is 11.9 Å². The van der Waals surface area contributed by atoms with Crippen LogP contribution < -0.4 is 0 Å². The minimum absolute atomic E-state index is 0.317. The average molecular weight is 174 g/mol. The number of carbonyl (C=O) groups is 2. The Morgan fingerprint density at radius 3 is 1.64 bits per heavy atom. The number of aromatic nitrogens is 2. The molecule has 0 aliphatic rings. The van der Waals surface area contributed by atoms with Gasteiger partial charge in [0.2, 0.25) is 10.0 Å². The molecule has 0 spiro atoms. The Labute approximate surface area is 64.1 Å². The van der Waals surface area contributed by atoms with Crippen LogP contribution in [0, 0.1) is 0 Å². The van der Waals surface area contributed by atoms with Crippen LogP contribution >= 0.6 is 11.3 Å². The fraction of sp³-hybridized carbons (Fsp3) is 0. The van der Waals surface area contributed by atoms with Gasteiger partial charge in [-0.3, -0.25) is 0 Å². The van der Waals surface area contributed by atoms with E-state index in [0.29, 0.717) is 11.3 Å². The SMILES string of the molecule is O=C(O)c1nnc(C(=O)O)s1. The second-order valence-electron chi connectivity index (χ2n) is 1.52. The van der Waals surface area contributed by atoms with Crippen molar-refractivity contribution in [2.75, 3.05) is 0 Å². The van der Waals surface area contributed by atoms with Crippen LogP contribution in [0.3, 0.4) is 0 Å². The second kappa shape index (κ2) is 2.62. The van der Waals surface area contributed by atoms with Crippen LogP contribution in [0.25, 0.3) is 0 Å². The highest BCUT2D eigenvalue weighted by molar-refractivity contribution is 7.14. The molecule has 1 aromatic heterocycles. The van der Waals surface area contributed by atoms with E-state index in [0.717, 1.165) is 0 Å². The first-order chi connectivity index (χ1) is 5.11. The summed E-state index contributed by atoms with van der Waals surface area (Å²) in [5, 5.41) is 22.2. The third-order valence-corrected chi connectivity index (χ3v) is 1.69. The molecule has 0 radical (unpaired) electrons. The van der Waals surface area contributed by atoms with Crippen molar-refractivity contribution in [2.24, 2.45) is 0 Å². The van der Waals surface area contributed by atoms with Gasteiger partial charge in [0.15, 0.2) is 0 Å². The number of carboxylic acids is 2. The number of rotatable bonds is 2. The third-order valence-electron chi connectivity index (χ3n) is 0.791. The highest BCUT2D eigenvalue weighted by Gasteiger charge is 2.14. The summed E-state index contributed by atoms with van der Waals surface area (Å²) in [4.78, 5) is 20.3. The lowest BCUT2D eigenvalue weighted by atomic mass is 10.7. The molecule has 1 aromatic rings. The molecule has 0 atom stereocenters. The van der Waals surface area contributed by atoms with Gasteiger partial charge in [-0.25, -0.2) is 9.59 Å². The molecular weight excluding hydrogens is 172 g/mol. The van der Waals surface area contributed by atoms with E-state index in [1.54, 1.807) is 0 Å². The molecule has 2 N–H and O–H groups in total. The van der Waals surface area contributed by atoms with Crippen molar-refractivity contribution in [3.63, 3.8) is 0 Å².